The van der Waals surface area contributed by atoms with Crippen molar-refractivity contribution in [3.63, 3.8) is 0 Å². The first-order valence-corrected chi connectivity index (χ1v) is 5.93. The molecule has 2 amide bonds. The van der Waals surface area contributed by atoms with Crippen molar-refractivity contribution in [3.05, 3.63) is 29.3 Å². The molecule has 0 unspecified atom stereocenters. The molecule has 0 saturated carbocycles. The fourth-order valence-electron chi connectivity index (χ4n) is 1.50. The molecule has 0 aliphatic heterocycles. The summed E-state index contributed by atoms with van der Waals surface area (Å²) < 4.78 is 0. The van der Waals surface area contributed by atoms with E-state index in [-0.39, 0.29) is 11.6 Å². The van der Waals surface area contributed by atoms with Crippen LogP contribution in [0.25, 0.3) is 0 Å². The van der Waals surface area contributed by atoms with Gasteiger partial charge in [0.1, 0.15) is 0 Å². The third kappa shape index (κ3) is 4.97. The van der Waals surface area contributed by atoms with E-state index in [4.69, 9.17) is 5.11 Å². The van der Waals surface area contributed by atoms with Crippen molar-refractivity contribution in [2.75, 3.05) is 32.5 Å². The molecule has 104 valence electrons. The molecule has 0 radical (unpaired) electrons. The van der Waals surface area contributed by atoms with E-state index in [9.17, 15) is 9.59 Å². The number of hydrogen-bond acceptors (Lipinski definition) is 3. The number of nitrogens with zero attached hydrogens (tertiary/aromatic N) is 1. The Hall–Kier alpha value is -2.08. The zero-order chi connectivity index (χ0) is 14.4. The summed E-state index contributed by atoms with van der Waals surface area (Å²) in [5.41, 5.74) is 1.31. The molecule has 6 nitrogen and oxygen atoms in total. The van der Waals surface area contributed by atoms with Crippen LogP contribution in [0.5, 0.6) is 0 Å². The molecule has 0 fully saturated rings. The molecule has 0 heterocycles. The number of aromatic carboxylic acids is 1. The molecule has 0 atom stereocenters. The molecule has 0 aliphatic carbocycles. The standard InChI is InChI=1S/C13H19N3O3/c1-9-4-5-10(8-11(9)12(17)18)15-13(19)14-6-7-16(2)3/h4-5,8H,6-7H2,1-3H3,(H,17,18)(H2,14,15,19). The van der Waals surface area contributed by atoms with Gasteiger partial charge in [-0.25, -0.2) is 9.59 Å². The zero-order valence-corrected chi connectivity index (χ0v) is 11.4. The van der Waals surface area contributed by atoms with Crippen molar-refractivity contribution in [2.24, 2.45) is 0 Å². The van der Waals surface area contributed by atoms with Crippen LogP contribution >= 0.6 is 0 Å². The van der Waals surface area contributed by atoms with Crippen molar-refractivity contribution < 1.29 is 14.7 Å². The van der Waals surface area contributed by atoms with Gasteiger partial charge in [-0.3, -0.25) is 0 Å². The summed E-state index contributed by atoms with van der Waals surface area (Å²) in [6, 6.07) is 4.44. The number of carbonyl (C=O) groups is 2. The number of benzene rings is 1. The summed E-state index contributed by atoms with van der Waals surface area (Å²) in [7, 11) is 3.83. The molecule has 6 heteroatoms. The number of carboxylic acids is 1. The zero-order valence-electron chi connectivity index (χ0n) is 11.4. The number of amides is 2. The lowest BCUT2D eigenvalue weighted by Gasteiger charge is -2.12. The largest absolute Gasteiger partial charge is 0.478 e. The number of aryl methyl sites for hydroxylation is 1. The lowest BCUT2D eigenvalue weighted by Crippen LogP contribution is -2.34. The van der Waals surface area contributed by atoms with Gasteiger partial charge < -0.3 is 20.6 Å². The van der Waals surface area contributed by atoms with Crippen molar-refractivity contribution in [2.45, 2.75) is 6.92 Å². The third-order valence-corrected chi connectivity index (χ3v) is 2.57. The number of anilines is 1. The van der Waals surface area contributed by atoms with E-state index >= 15 is 0 Å². The van der Waals surface area contributed by atoms with E-state index in [1.165, 1.54) is 6.07 Å². The van der Waals surface area contributed by atoms with Gasteiger partial charge in [0.15, 0.2) is 0 Å². The smallest absolute Gasteiger partial charge is 0.336 e. The first kappa shape index (κ1) is 15.0. The molecule has 19 heavy (non-hydrogen) atoms. The van der Waals surface area contributed by atoms with E-state index in [1.807, 2.05) is 19.0 Å². The van der Waals surface area contributed by atoms with Crippen LogP contribution in [0, 0.1) is 6.92 Å². The first-order valence-electron chi connectivity index (χ1n) is 5.93. The molecule has 3 N–H and O–H groups in total. The van der Waals surface area contributed by atoms with Crippen LogP contribution in [-0.4, -0.2) is 49.2 Å². The summed E-state index contributed by atoms with van der Waals surface area (Å²) in [5.74, 6) is -1.01. The highest BCUT2D eigenvalue weighted by molar-refractivity contribution is 5.94. The molecule has 1 rings (SSSR count). The van der Waals surface area contributed by atoms with E-state index < -0.39 is 5.97 Å². The van der Waals surface area contributed by atoms with Crippen molar-refractivity contribution in [3.8, 4) is 0 Å². The molecule has 0 aliphatic rings. The molecule has 0 aromatic heterocycles. The van der Waals surface area contributed by atoms with Crippen LogP contribution in [0.2, 0.25) is 0 Å². The Morgan fingerprint density at radius 1 is 1.32 bits per heavy atom. The third-order valence-electron chi connectivity index (χ3n) is 2.57. The summed E-state index contributed by atoms with van der Waals surface area (Å²) in [6.45, 7) is 2.97. The van der Waals surface area contributed by atoms with E-state index in [0.29, 0.717) is 17.8 Å². The van der Waals surface area contributed by atoms with Crippen LogP contribution < -0.4 is 10.6 Å². The van der Waals surface area contributed by atoms with E-state index in [1.54, 1.807) is 19.1 Å². The Morgan fingerprint density at radius 3 is 2.58 bits per heavy atom. The maximum atomic E-state index is 11.6. The van der Waals surface area contributed by atoms with Crippen LogP contribution in [0.1, 0.15) is 15.9 Å². The first-order chi connectivity index (χ1) is 8.90. The molecule has 0 saturated heterocycles. The monoisotopic (exact) mass is 265 g/mol. The number of likely N-dealkylation sites (N-methyl/N-ethyl adjacent to an activating group) is 1. The lowest BCUT2D eigenvalue weighted by atomic mass is 10.1. The van der Waals surface area contributed by atoms with Crippen molar-refractivity contribution >= 4 is 17.7 Å². The topological polar surface area (TPSA) is 81.7 Å². The Labute approximate surface area is 112 Å². The van der Waals surface area contributed by atoms with Gasteiger partial charge in [-0.2, -0.15) is 0 Å². The maximum Gasteiger partial charge on any atom is 0.336 e. The number of nitrogens with one attached hydrogen (secondary N) is 2. The number of carboxylic acid groups (broad SMARTS) is 1. The van der Waals surface area contributed by atoms with Crippen molar-refractivity contribution in [1.29, 1.82) is 0 Å². The number of carbonyl (C=O) groups excluding carboxylic acids is 1. The fourth-order valence-corrected chi connectivity index (χ4v) is 1.50. The highest BCUT2D eigenvalue weighted by Crippen LogP contribution is 2.15. The molecule has 0 spiro atoms. The van der Waals surface area contributed by atoms with Gasteiger partial charge in [0.25, 0.3) is 0 Å². The second-order valence-corrected chi connectivity index (χ2v) is 4.52. The number of urea groups is 1. The van der Waals surface area contributed by atoms with Gasteiger partial charge in [-0.1, -0.05) is 6.07 Å². The van der Waals surface area contributed by atoms with Crippen LogP contribution in [0.15, 0.2) is 18.2 Å². The summed E-state index contributed by atoms with van der Waals surface area (Å²) >= 11 is 0. The average Bonchev–Trinajstić information content (AvgIpc) is 2.30. The Kier molecular flexibility index (Phi) is 5.32. The normalized spacial score (nSPS) is 10.3. The van der Waals surface area contributed by atoms with Crippen LogP contribution in [0.3, 0.4) is 0 Å². The van der Waals surface area contributed by atoms with Gasteiger partial charge in [-0.15, -0.1) is 0 Å². The minimum absolute atomic E-state index is 0.186. The minimum Gasteiger partial charge on any atom is -0.478 e. The minimum atomic E-state index is -1.01. The second-order valence-electron chi connectivity index (χ2n) is 4.52. The second kappa shape index (κ2) is 6.75. The van der Waals surface area contributed by atoms with Gasteiger partial charge in [-0.05, 0) is 38.7 Å². The highest BCUT2D eigenvalue weighted by Gasteiger charge is 2.09. The molecule has 0 bridgehead atoms. The van der Waals surface area contributed by atoms with Gasteiger partial charge in [0, 0.05) is 18.8 Å². The number of hydrogen-bond donors (Lipinski definition) is 3. The fraction of sp³-hybridized carbons (Fsp3) is 0.385. The van der Waals surface area contributed by atoms with E-state index in [2.05, 4.69) is 10.6 Å². The lowest BCUT2D eigenvalue weighted by molar-refractivity contribution is 0.0696. The van der Waals surface area contributed by atoms with Gasteiger partial charge in [0.05, 0.1) is 5.56 Å². The predicted octanol–water partition coefficient (Wildman–Crippen LogP) is 1.38. The van der Waals surface area contributed by atoms with Gasteiger partial charge >= 0.3 is 12.0 Å². The van der Waals surface area contributed by atoms with Gasteiger partial charge in [0.2, 0.25) is 0 Å². The summed E-state index contributed by atoms with van der Waals surface area (Å²) in [4.78, 5) is 24.5. The number of rotatable bonds is 5. The SMILES string of the molecule is Cc1ccc(NC(=O)NCCN(C)C)cc1C(=O)O. The van der Waals surface area contributed by atoms with Crippen LogP contribution in [-0.2, 0) is 0 Å². The highest BCUT2D eigenvalue weighted by atomic mass is 16.4. The van der Waals surface area contributed by atoms with E-state index in [0.717, 1.165) is 6.54 Å². The van der Waals surface area contributed by atoms with Crippen LogP contribution in [0.4, 0.5) is 10.5 Å². The maximum absolute atomic E-state index is 11.6. The summed E-state index contributed by atoms with van der Waals surface area (Å²) in [6.07, 6.45) is 0. The average molecular weight is 265 g/mol. The van der Waals surface area contributed by atoms with Crippen molar-refractivity contribution in [1.82, 2.24) is 10.2 Å². The molecule has 1 aromatic carbocycles. The molecule has 1 aromatic rings. The Bertz CT molecular complexity index is 472. The predicted molar refractivity (Wildman–Crippen MR) is 73.7 cm³/mol. The Morgan fingerprint density at radius 2 is 2.00 bits per heavy atom. The summed E-state index contributed by atoms with van der Waals surface area (Å²) in [5, 5.41) is 14.3. The molecular formula is C13H19N3O3. The quantitative estimate of drug-likeness (QED) is 0.751. The Balaban J connectivity index is 2.60. The molecular weight excluding hydrogens is 246 g/mol.